The minimum atomic E-state index is -0.881. The number of carbonyl (C=O) groups excluding carboxylic acids is 2. The molecule has 0 amide bonds. The van der Waals surface area contributed by atoms with Crippen molar-refractivity contribution in [3.63, 3.8) is 0 Å². The van der Waals surface area contributed by atoms with Crippen LogP contribution in [0.2, 0.25) is 0 Å². The third-order valence-corrected chi connectivity index (χ3v) is 5.47. The number of hydrogen-bond acceptors (Lipinski definition) is 10. The summed E-state index contributed by atoms with van der Waals surface area (Å²) in [6.07, 6.45) is 0.910. The van der Waals surface area contributed by atoms with Crippen molar-refractivity contribution in [2.75, 3.05) is 0 Å². The summed E-state index contributed by atoms with van der Waals surface area (Å²) in [5.74, 6) is -5.72. The number of esters is 2. The quantitative estimate of drug-likeness (QED) is 0.189. The first-order valence-corrected chi connectivity index (χ1v) is 10.2. The van der Waals surface area contributed by atoms with Gasteiger partial charge in [-0.1, -0.05) is 12.1 Å². The van der Waals surface area contributed by atoms with Crippen molar-refractivity contribution < 1.29 is 49.7 Å². The monoisotopic (exact) mass is 468 g/mol. The molecule has 1 unspecified atom stereocenters. The lowest BCUT2D eigenvalue weighted by Gasteiger charge is -2.27. The Morgan fingerprint density at radius 1 is 0.765 bits per heavy atom. The van der Waals surface area contributed by atoms with Gasteiger partial charge >= 0.3 is 11.9 Å². The van der Waals surface area contributed by atoms with Crippen molar-refractivity contribution >= 4 is 11.9 Å². The van der Waals surface area contributed by atoms with Crippen molar-refractivity contribution in [2.45, 2.75) is 25.4 Å². The zero-order valence-electron chi connectivity index (χ0n) is 17.6. The minimum absolute atomic E-state index is 0.158. The smallest absolute Gasteiger partial charge is 0.343 e. The molecule has 3 aromatic rings. The van der Waals surface area contributed by atoms with Crippen LogP contribution in [0, 0.1) is 0 Å². The fourth-order valence-corrected chi connectivity index (χ4v) is 3.79. The van der Waals surface area contributed by atoms with Crippen molar-refractivity contribution in [1.82, 2.24) is 0 Å². The van der Waals surface area contributed by atoms with E-state index in [2.05, 4.69) is 0 Å². The van der Waals surface area contributed by atoms with Crippen LogP contribution < -0.4 is 4.74 Å². The Labute approximate surface area is 192 Å². The van der Waals surface area contributed by atoms with Crippen LogP contribution in [0.25, 0.3) is 0 Å². The highest BCUT2D eigenvalue weighted by molar-refractivity contribution is 5.93. The Hall–Kier alpha value is -4.60. The summed E-state index contributed by atoms with van der Waals surface area (Å²) in [4.78, 5) is 25.2. The van der Waals surface area contributed by atoms with E-state index in [9.17, 15) is 40.2 Å². The predicted octanol–water partition coefficient (Wildman–Crippen LogP) is 3.37. The Morgan fingerprint density at radius 2 is 1.29 bits per heavy atom. The van der Waals surface area contributed by atoms with E-state index in [1.807, 2.05) is 0 Å². The maximum atomic E-state index is 12.6. The van der Waals surface area contributed by atoms with E-state index in [1.54, 1.807) is 18.2 Å². The summed E-state index contributed by atoms with van der Waals surface area (Å²) in [6, 6.07) is 8.74. The first-order valence-electron chi connectivity index (χ1n) is 10.2. The van der Waals surface area contributed by atoms with Crippen molar-refractivity contribution in [3.05, 3.63) is 64.7 Å². The zero-order chi connectivity index (χ0) is 24.6. The molecule has 0 bridgehead atoms. The summed E-state index contributed by atoms with van der Waals surface area (Å²) in [5, 5.41) is 57.5. The molecule has 0 radical (unpaired) electrons. The van der Waals surface area contributed by atoms with Gasteiger partial charge in [0.1, 0.15) is 11.9 Å². The van der Waals surface area contributed by atoms with Gasteiger partial charge in [0.25, 0.3) is 0 Å². The van der Waals surface area contributed by atoms with Crippen LogP contribution in [-0.2, 0) is 11.2 Å². The van der Waals surface area contributed by atoms with Crippen LogP contribution in [0.1, 0.15) is 50.8 Å². The molecule has 0 heterocycles. The summed E-state index contributed by atoms with van der Waals surface area (Å²) < 4.78 is 11.0. The molecule has 0 aromatic heterocycles. The van der Waals surface area contributed by atoms with Gasteiger partial charge in [0, 0.05) is 5.56 Å². The van der Waals surface area contributed by atoms with Crippen LogP contribution >= 0.6 is 0 Å². The molecule has 0 saturated heterocycles. The Morgan fingerprint density at radius 3 is 1.85 bits per heavy atom. The third kappa shape index (κ3) is 4.20. The van der Waals surface area contributed by atoms with Gasteiger partial charge in [-0.2, -0.15) is 0 Å². The molecule has 10 nitrogen and oxygen atoms in total. The molecule has 10 heteroatoms. The number of rotatable bonds is 4. The van der Waals surface area contributed by atoms with Gasteiger partial charge in [-0.15, -0.1) is 0 Å². The molecular weight excluding hydrogens is 448 g/mol. The molecular formula is C24H20O10. The number of benzene rings is 3. The van der Waals surface area contributed by atoms with Crippen molar-refractivity contribution in [2.24, 2.45) is 0 Å². The fraction of sp³-hybridized carbons (Fsp3) is 0.167. The summed E-state index contributed by atoms with van der Waals surface area (Å²) >= 11 is 0. The van der Waals surface area contributed by atoms with Crippen molar-refractivity contribution in [1.29, 1.82) is 0 Å². The maximum Gasteiger partial charge on any atom is 0.343 e. The van der Waals surface area contributed by atoms with E-state index < -0.39 is 52.5 Å². The molecule has 4 rings (SSSR count). The third-order valence-electron chi connectivity index (χ3n) is 5.47. The summed E-state index contributed by atoms with van der Waals surface area (Å²) in [7, 11) is 0. The molecule has 176 valence electrons. The molecule has 34 heavy (non-hydrogen) atoms. The number of aromatic hydroxyl groups is 6. The van der Waals surface area contributed by atoms with E-state index >= 15 is 0 Å². The minimum Gasteiger partial charge on any atom is -0.504 e. The normalized spacial score (nSPS) is 14.8. The Kier molecular flexibility index (Phi) is 5.80. The largest absolute Gasteiger partial charge is 0.504 e. The van der Waals surface area contributed by atoms with Gasteiger partial charge in [0.2, 0.25) is 0 Å². The van der Waals surface area contributed by atoms with E-state index in [0.29, 0.717) is 30.4 Å². The number of phenols is 6. The van der Waals surface area contributed by atoms with Gasteiger partial charge in [-0.05, 0) is 55.2 Å². The molecule has 6 N–H and O–H groups in total. The second-order valence-corrected chi connectivity index (χ2v) is 7.73. The molecule has 1 aliphatic rings. The topological polar surface area (TPSA) is 174 Å². The number of fused-ring (bicyclic) bond motifs is 1. The molecule has 1 atom stereocenters. The SMILES string of the molecule is O=C(Oc1cccc2c1CCCC2OC(=O)c1cc(O)c(O)c(O)c1)c1cc(O)c(O)c(O)c1. The van der Waals surface area contributed by atoms with Crippen LogP contribution in [0.15, 0.2) is 42.5 Å². The fourth-order valence-electron chi connectivity index (χ4n) is 3.79. The Bertz CT molecular complexity index is 1250. The maximum absolute atomic E-state index is 12.6. The molecule has 1 aliphatic carbocycles. The second-order valence-electron chi connectivity index (χ2n) is 7.73. The van der Waals surface area contributed by atoms with Gasteiger partial charge in [0.05, 0.1) is 11.1 Å². The van der Waals surface area contributed by atoms with Crippen LogP contribution in [0.4, 0.5) is 0 Å². The predicted molar refractivity (Wildman–Crippen MR) is 115 cm³/mol. The van der Waals surface area contributed by atoms with E-state index in [0.717, 1.165) is 24.3 Å². The number of phenolic OH excluding ortho intramolecular Hbond substituents is 6. The first-order chi connectivity index (χ1) is 16.2. The van der Waals surface area contributed by atoms with E-state index in [-0.39, 0.29) is 16.9 Å². The second kappa shape index (κ2) is 8.74. The lowest BCUT2D eigenvalue weighted by molar-refractivity contribution is 0.0253. The van der Waals surface area contributed by atoms with Crippen LogP contribution in [0.3, 0.4) is 0 Å². The molecule has 3 aromatic carbocycles. The summed E-state index contributed by atoms with van der Waals surface area (Å²) in [5.41, 5.74) is 0.891. The standard InChI is InChI=1S/C24H20O10/c25-15-7-11(8-16(26)21(15)29)23(31)33-19-5-1-3-13-14(19)4-2-6-20(13)34-24(32)12-9-17(27)22(30)18(28)10-12/h1,3,5,7-10,20,25-30H,2,4,6H2. The van der Waals surface area contributed by atoms with Gasteiger partial charge in [-0.25, -0.2) is 9.59 Å². The van der Waals surface area contributed by atoms with Gasteiger partial charge in [0.15, 0.2) is 34.5 Å². The highest BCUT2D eigenvalue weighted by atomic mass is 16.5. The lowest BCUT2D eigenvalue weighted by Crippen LogP contribution is -2.19. The summed E-state index contributed by atoms with van der Waals surface area (Å²) in [6.45, 7) is 0. The molecule has 0 fully saturated rings. The number of hydrogen-bond donors (Lipinski definition) is 6. The lowest BCUT2D eigenvalue weighted by atomic mass is 9.88. The highest BCUT2D eigenvalue weighted by Gasteiger charge is 2.28. The molecule has 0 aliphatic heterocycles. The van der Waals surface area contributed by atoms with Crippen molar-refractivity contribution in [3.8, 4) is 40.2 Å². The molecule has 0 saturated carbocycles. The van der Waals surface area contributed by atoms with E-state index in [1.165, 1.54) is 0 Å². The average molecular weight is 468 g/mol. The molecule has 0 spiro atoms. The van der Waals surface area contributed by atoms with Gasteiger partial charge < -0.3 is 40.1 Å². The Balaban J connectivity index is 1.57. The number of carbonyl (C=O) groups is 2. The van der Waals surface area contributed by atoms with E-state index in [4.69, 9.17) is 9.47 Å². The zero-order valence-corrected chi connectivity index (χ0v) is 17.6. The van der Waals surface area contributed by atoms with Crippen LogP contribution in [-0.4, -0.2) is 42.6 Å². The first kappa shape index (κ1) is 22.6. The van der Waals surface area contributed by atoms with Crippen LogP contribution in [0.5, 0.6) is 40.2 Å². The average Bonchev–Trinajstić information content (AvgIpc) is 2.80. The number of ether oxygens (including phenoxy) is 2. The van der Waals surface area contributed by atoms with Gasteiger partial charge in [-0.3, -0.25) is 0 Å². The highest BCUT2D eigenvalue weighted by Crippen LogP contribution is 2.40.